The molecule has 0 aliphatic heterocycles. The third-order valence-electron chi connectivity index (χ3n) is 3.18. The SMILES string of the molecule is O=CN[C@H](Cc1ccc(OCc2ccccc2)cc1)C(=O)O. The largest absolute Gasteiger partial charge is 0.489 e. The van der Waals surface area contributed by atoms with E-state index in [0.29, 0.717) is 18.8 Å². The molecular formula is C17H17NO4. The Labute approximate surface area is 128 Å². The lowest BCUT2D eigenvalue weighted by atomic mass is 10.1. The van der Waals surface area contributed by atoms with E-state index in [1.54, 1.807) is 24.3 Å². The Morgan fingerprint density at radius 1 is 1.09 bits per heavy atom. The van der Waals surface area contributed by atoms with Gasteiger partial charge in [0.05, 0.1) is 0 Å². The van der Waals surface area contributed by atoms with Crippen LogP contribution in [0.3, 0.4) is 0 Å². The van der Waals surface area contributed by atoms with Crippen molar-refractivity contribution in [1.82, 2.24) is 5.32 Å². The van der Waals surface area contributed by atoms with Gasteiger partial charge < -0.3 is 15.2 Å². The zero-order chi connectivity index (χ0) is 15.8. The van der Waals surface area contributed by atoms with Crippen molar-refractivity contribution in [2.75, 3.05) is 0 Å². The molecular weight excluding hydrogens is 282 g/mol. The summed E-state index contributed by atoms with van der Waals surface area (Å²) in [4.78, 5) is 21.4. The van der Waals surface area contributed by atoms with Crippen molar-refractivity contribution in [1.29, 1.82) is 0 Å². The van der Waals surface area contributed by atoms with Gasteiger partial charge in [-0.15, -0.1) is 0 Å². The van der Waals surface area contributed by atoms with Crippen molar-refractivity contribution < 1.29 is 19.4 Å². The number of carboxylic acid groups (broad SMARTS) is 1. The predicted molar refractivity (Wildman–Crippen MR) is 81.5 cm³/mol. The summed E-state index contributed by atoms with van der Waals surface area (Å²) in [5.74, 6) is -0.348. The van der Waals surface area contributed by atoms with Crippen LogP contribution < -0.4 is 10.1 Å². The van der Waals surface area contributed by atoms with Crippen molar-refractivity contribution in [3.05, 3.63) is 65.7 Å². The van der Waals surface area contributed by atoms with Gasteiger partial charge in [-0.3, -0.25) is 4.79 Å². The Morgan fingerprint density at radius 3 is 2.36 bits per heavy atom. The normalized spacial score (nSPS) is 11.5. The highest BCUT2D eigenvalue weighted by Crippen LogP contribution is 2.15. The number of amides is 1. The molecule has 0 unspecified atom stereocenters. The van der Waals surface area contributed by atoms with Gasteiger partial charge in [-0.2, -0.15) is 0 Å². The van der Waals surface area contributed by atoms with Gasteiger partial charge in [-0.25, -0.2) is 4.79 Å². The summed E-state index contributed by atoms with van der Waals surface area (Å²) in [6.45, 7) is 0.477. The van der Waals surface area contributed by atoms with Gasteiger partial charge in [-0.1, -0.05) is 42.5 Å². The van der Waals surface area contributed by atoms with Crippen LogP contribution in [-0.2, 0) is 22.6 Å². The molecule has 0 aliphatic carbocycles. The quantitative estimate of drug-likeness (QED) is 0.731. The first-order valence-electron chi connectivity index (χ1n) is 6.87. The first kappa shape index (κ1) is 15.6. The predicted octanol–water partition coefficient (Wildman–Crippen LogP) is 2.01. The molecule has 0 aromatic heterocycles. The maximum absolute atomic E-state index is 11.0. The summed E-state index contributed by atoms with van der Waals surface area (Å²) in [5, 5.41) is 11.3. The molecule has 2 aromatic carbocycles. The molecule has 0 saturated carbocycles. The molecule has 5 nitrogen and oxygen atoms in total. The second-order valence-electron chi connectivity index (χ2n) is 4.80. The molecule has 2 N–H and O–H groups in total. The second-order valence-corrected chi connectivity index (χ2v) is 4.80. The number of rotatable bonds is 8. The number of hydrogen-bond donors (Lipinski definition) is 2. The summed E-state index contributed by atoms with van der Waals surface area (Å²) in [6, 6.07) is 16.1. The van der Waals surface area contributed by atoms with Crippen LogP contribution in [0.25, 0.3) is 0 Å². The van der Waals surface area contributed by atoms with Crippen LogP contribution in [0.15, 0.2) is 54.6 Å². The summed E-state index contributed by atoms with van der Waals surface area (Å²) in [5.41, 5.74) is 1.89. The number of nitrogens with one attached hydrogen (secondary N) is 1. The van der Waals surface area contributed by atoms with Crippen LogP contribution in [0.5, 0.6) is 5.75 Å². The van der Waals surface area contributed by atoms with E-state index in [9.17, 15) is 9.59 Å². The number of carboxylic acids is 1. The molecule has 1 atom stereocenters. The fourth-order valence-corrected chi connectivity index (χ4v) is 2.00. The van der Waals surface area contributed by atoms with Crippen molar-refractivity contribution in [3.63, 3.8) is 0 Å². The molecule has 2 rings (SSSR count). The average molecular weight is 299 g/mol. The fourth-order valence-electron chi connectivity index (χ4n) is 2.00. The number of hydrogen-bond acceptors (Lipinski definition) is 3. The highest BCUT2D eigenvalue weighted by Gasteiger charge is 2.16. The first-order chi connectivity index (χ1) is 10.7. The van der Waals surface area contributed by atoms with Gasteiger partial charge in [0.15, 0.2) is 0 Å². The van der Waals surface area contributed by atoms with Gasteiger partial charge in [0.2, 0.25) is 6.41 Å². The van der Waals surface area contributed by atoms with Gasteiger partial charge in [0.25, 0.3) is 0 Å². The highest BCUT2D eigenvalue weighted by atomic mass is 16.5. The molecule has 0 saturated heterocycles. The van der Waals surface area contributed by atoms with E-state index in [-0.39, 0.29) is 6.42 Å². The van der Waals surface area contributed by atoms with Crippen molar-refractivity contribution in [3.8, 4) is 5.75 Å². The number of carbonyl (C=O) groups excluding carboxylic acids is 1. The molecule has 0 radical (unpaired) electrons. The Bertz CT molecular complexity index is 610. The summed E-state index contributed by atoms with van der Waals surface area (Å²) < 4.78 is 5.66. The minimum absolute atomic E-state index is 0.229. The van der Waals surface area contributed by atoms with E-state index < -0.39 is 12.0 Å². The number of aliphatic carboxylic acids is 1. The molecule has 0 heterocycles. The minimum Gasteiger partial charge on any atom is -0.489 e. The molecule has 0 aliphatic rings. The fraction of sp³-hybridized carbons (Fsp3) is 0.176. The van der Waals surface area contributed by atoms with E-state index in [1.165, 1.54) is 0 Å². The van der Waals surface area contributed by atoms with Crippen molar-refractivity contribution in [2.45, 2.75) is 19.1 Å². The van der Waals surface area contributed by atoms with E-state index in [0.717, 1.165) is 11.1 Å². The Kier molecular flexibility index (Phi) is 5.54. The Morgan fingerprint density at radius 2 is 1.77 bits per heavy atom. The van der Waals surface area contributed by atoms with Crippen LogP contribution in [0.4, 0.5) is 0 Å². The van der Waals surface area contributed by atoms with Gasteiger partial charge in [0.1, 0.15) is 18.4 Å². The Hall–Kier alpha value is -2.82. The molecule has 22 heavy (non-hydrogen) atoms. The maximum atomic E-state index is 11.0. The van der Waals surface area contributed by atoms with Crippen molar-refractivity contribution in [2.24, 2.45) is 0 Å². The lowest BCUT2D eigenvalue weighted by Gasteiger charge is -2.12. The summed E-state index contributed by atoms with van der Waals surface area (Å²) in [6.07, 6.45) is 0.628. The minimum atomic E-state index is -1.06. The van der Waals surface area contributed by atoms with Crippen LogP contribution in [0.2, 0.25) is 0 Å². The molecule has 114 valence electrons. The third-order valence-corrected chi connectivity index (χ3v) is 3.18. The molecule has 0 fully saturated rings. The molecule has 0 spiro atoms. The monoisotopic (exact) mass is 299 g/mol. The van der Waals surface area contributed by atoms with Crippen LogP contribution in [0, 0.1) is 0 Å². The van der Waals surface area contributed by atoms with Crippen LogP contribution in [0.1, 0.15) is 11.1 Å². The average Bonchev–Trinajstić information content (AvgIpc) is 2.54. The lowest BCUT2D eigenvalue weighted by Crippen LogP contribution is -2.37. The maximum Gasteiger partial charge on any atom is 0.326 e. The van der Waals surface area contributed by atoms with Crippen molar-refractivity contribution >= 4 is 12.4 Å². The van der Waals surface area contributed by atoms with E-state index in [1.807, 2.05) is 30.3 Å². The van der Waals surface area contributed by atoms with E-state index in [2.05, 4.69) is 5.32 Å². The Balaban J connectivity index is 1.92. The van der Waals surface area contributed by atoms with Crippen LogP contribution in [-0.4, -0.2) is 23.5 Å². The van der Waals surface area contributed by atoms with Crippen LogP contribution >= 0.6 is 0 Å². The standard InChI is InChI=1S/C17H17NO4/c19-12-18-16(17(20)21)10-13-6-8-15(9-7-13)22-11-14-4-2-1-3-5-14/h1-9,12,16H,10-11H2,(H,18,19)(H,20,21)/t16-/m1/s1. The highest BCUT2D eigenvalue weighted by molar-refractivity contribution is 5.76. The topological polar surface area (TPSA) is 75.6 Å². The van der Waals surface area contributed by atoms with E-state index >= 15 is 0 Å². The molecule has 2 aromatic rings. The third kappa shape index (κ3) is 4.63. The van der Waals surface area contributed by atoms with Gasteiger partial charge in [-0.05, 0) is 23.3 Å². The lowest BCUT2D eigenvalue weighted by molar-refractivity contribution is -0.140. The van der Waals surface area contributed by atoms with E-state index in [4.69, 9.17) is 9.84 Å². The zero-order valence-electron chi connectivity index (χ0n) is 11.9. The second kappa shape index (κ2) is 7.83. The number of carbonyl (C=O) groups is 2. The molecule has 5 heteroatoms. The zero-order valence-corrected chi connectivity index (χ0v) is 11.9. The molecule has 0 bridgehead atoms. The number of benzene rings is 2. The smallest absolute Gasteiger partial charge is 0.326 e. The van der Waals surface area contributed by atoms with Gasteiger partial charge in [0, 0.05) is 6.42 Å². The summed E-state index contributed by atoms with van der Waals surface area (Å²) in [7, 11) is 0. The number of ether oxygens (including phenoxy) is 1. The van der Waals surface area contributed by atoms with Gasteiger partial charge >= 0.3 is 5.97 Å². The summed E-state index contributed by atoms with van der Waals surface area (Å²) >= 11 is 0. The first-order valence-corrected chi connectivity index (χ1v) is 6.87. The molecule has 1 amide bonds.